The lowest BCUT2D eigenvalue weighted by Gasteiger charge is -2.39. The van der Waals surface area contributed by atoms with E-state index in [0.717, 1.165) is 44.9 Å². The Morgan fingerprint density at radius 1 is 1.24 bits per heavy atom. The summed E-state index contributed by atoms with van der Waals surface area (Å²) in [6.07, 6.45) is 10.7. The molecule has 0 aliphatic carbocycles. The molecule has 1 spiro atoms. The number of likely N-dealkylation sites (tertiary alicyclic amines) is 1. The lowest BCUT2D eigenvalue weighted by molar-refractivity contribution is -0.155. The zero-order valence-electron chi connectivity index (χ0n) is 22.7. The minimum Gasteiger partial charge on any atom is -0.465 e. The second-order valence-corrected chi connectivity index (χ2v) is 10.7. The highest BCUT2D eigenvalue weighted by Gasteiger charge is 2.75. The Balaban J connectivity index is 1.89. The zero-order chi connectivity index (χ0) is 27.0. The first-order valence-corrected chi connectivity index (χ1v) is 14.2. The number of unbranched alkanes of at least 4 members (excludes halogenated alkanes) is 4. The molecule has 8 nitrogen and oxygen atoms in total. The van der Waals surface area contributed by atoms with Crippen LogP contribution in [0.2, 0.25) is 0 Å². The number of fused-ring (bicyclic) bond motifs is 1. The van der Waals surface area contributed by atoms with Gasteiger partial charge in [0.2, 0.25) is 11.8 Å². The van der Waals surface area contributed by atoms with Gasteiger partial charge in [0.25, 0.3) is 0 Å². The van der Waals surface area contributed by atoms with Gasteiger partial charge in [-0.2, -0.15) is 0 Å². The van der Waals surface area contributed by atoms with Crippen molar-refractivity contribution in [3.63, 3.8) is 0 Å². The largest absolute Gasteiger partial charge is 0.465 e. The fraction of sp³-hybridized carbons (Fsp3) is 0.759. The molecule has 0 aromatic rings. The van der Waals surface area contributed by atoms with Gasteiger partial charge in [0.15, 0.2) is 0 Å². The second kappa shape index (κ2) is 13.6. The summed E-state index contributed by atoms with van der Waals surface area (Å²) in [5, 5.41) is 9.11. The van der Waals surface area contributed by atoms with Gasteiger partial charge in [-0.25, -0.2) is 0 Å². The Morgan fingerprint density at radius 2 is 2.00 bits per heavy atom. The lowest BCUT2D eigenvalue weighted by Crippen LogP contribution is -2.57. The Kier molecular flexibility index (Phi) is 10.8. The van der Waals surface area contributed by atoms with Crippen LogP contribution in [-0.4, -0.2) is 82.8 Å². The number of hydrogen-bond donors (Lipinski definition) is 1. The standard InChI is InChI=1S/C29H46N2O6/c1-5-8-13-20-36-28(35)23-22-15-16-29(37-22)24(23)26(33)31(18-11-9-10-12-19-32)25(29)27(34)30(17-7-3)21(4)14-6-2/h5,7,21-25,32H,1,3,6,8-20H2,2,4H3/t21?,22-,23+,24+,25?,29?/m1/s1. The van der Waals surface area contributed by atoms with Crippen molar-refractivity contribution in [1.29, 1.82) is 0 Å². The highest BCUT2D eigenvalue weighted by molar-refractivity contribution is 5.98. The van der Waals surface area contributed by atoms with Crippen molar-refractivity contribution in [2.45, 2.75) is 102 Å². The maximum Gasteiger partial charge on any atom is 0.312 e. The van der Waals surface area contributed by atoms with E-state index < -0.39 is 35.6 Å². The molecule has 6 atom stereocenters. The molecule has 0 aromatic carbocycles. The van der Waals surface area contributed by atoms with Gasteiger partial charge >= 0.3 is 5.97 Å². The number of esters is 1. The van der Waals surface area contributed by atoms with Gasteiger partial charge in [0.1, 0.15) is 11.6 Å². The summed E-state index contributed by atoms with van der Waals surface area (Å²) < 4.78 is 12.1. The molecule has 208 valence electrons. The number of carbonyl (C=O) groups is 3. The van der Waals surface area contributed by atoms with Crippen molar-refractivity contribution in [3.05, 3.63) is 25.3 Å². The quantitative estimate of drug-likeness (QED) is 0.179. The maximum absolute atomic E-state index is 14.2. The van der Waals surface area contributed by atoms with Crippen LogP contribution in [-0.2, 0) is 23.9 Å². The molecule has 3 aliphatic heterocycles. The number of nitrogens with zero attached hydrogens (tertiary/aromatic N) is 2. The Bertz CT molecular complexity index is 831. The minimum absolute atomic E-state index is 0.00307. The van der Waals surface area contributed by atoms with Crippen LogP contribution in [0.5, 0.6) is 0 Å². The molecule has 3 rings (SSSR count). The summed E-state index contributed by atoms with van der Waals surface area (Å²) in [4.78, 5) is 44.9. The van der Waals surface area contributed by atoms with Crippen LogP contribution in [0.15, 0.2) is 25.3 Å². The van der Waals surface area contributed by atoms with Crippen LogP contribution < -0.4 is 0 Å². The van der Waals surface area contributed by atoms with Crippen LogP contribution in [0.25, 0.3) is 0 Å². The summed E-state index contributed by atoms with van der Waals surface area (Å²) in [7, 11) is 0. The van der Waals surface area contributed by atoms with Crippen LogP contribution in [0.4, 0.5) is 0 Å². The van der Waals surface area contributed by atoms with E-state index in [9.17, 15) is 14.4 Å². The van der Waals surface area contributed by atoms with Crippen LogP contribution in [0.1, 0.15) is 78.1 Å². The highest BCUT2D eigenvalue weighted by atomic mass is 16.6. The SMILES string of the molecule is C=CCCCOC(=O)[C@@H]1[C@H]2C(=O)N(CCCCCCO)C(C(=O)N(CC=C)C(C)CCC)C23CC[C@H]1O3. The Morgan fingerprint density at radius 3 is 2.68 bits per heavy atom. The Hall–Kier alpha value is -2.19. The van der Waals surface area contributed by atoms with E-state index >= 15 is 0 Å². The van der Waals surface area contributed by atoms with Crippen molar-refractivity contribution >= 4 is 17.8 Å². The maximum atomic E-state index is 14.2. The van der Waals surface area contributed by atoms with Gasteiger partial charge in [-0.05, 0) is 51.9 Å². The number of allylic oxidation sites excluding steroid dienone is 1. The van der Waals surface area contributed by atoms with E-state index in [1.807, 2.05) is 11.8 Å². The molecule has 2 bridgehead atoms. The van der Waals surface area contributed by atoms with Gasteiger partial charge in [-0.15, -0.1) is 13.2 Å². The summed E-state index contributed by atoms with van der Waals surface area (Å²) in [5.74, 6) is -2.06. The predicted molar refractivity (Wildman–Crippen MR) is 142 cm³/mol. The number of ether oxygens (including phenoxy) is 2. The third-order valence-electron chi connectivity index (χ3n) is 8.26. The average molecular weight is 519 g/mol. The first-order valence-electron chi connectivity index (χ1n) is 14.2. The van der Waals surface area contributed by atoms with Gasteiger partial charge in [-0.3, -0.25) is 14.4 Å². The molecule has 0 saturated carbocycles. The van der Waals surface area contributed by atoms with E-state index in [1.54, 1.807) is 17.1 Å². The summed E-state index contributed by atoms with van der Waals surface area (Å²) in [5.41, 5.74) is -1.000. The summed E-state index contributed by atoms with van der Waals surface area (Å²) >= 11 is 0. The minimum atomic E-state index is -1.000. The van der Waals surface area contributed by atoms with Gasteiger partial charge in [0.05, 0.1) is 24.5 Å². The van der Waals surface area contributed by atoms with Crippen LogP contribution in [0.3, 0.4) is 0 Å². The van der Waals surface area contributed by atoms with E-state index in [4.69, 9.17) is 14.6 Å². The molecule has 0 radical (unpaired) electrons. The molecule has 3 aliphatic rings. The second-order valence-electron chi connectivity index (χ2n) is 10.7. The van der Waals surface area contributed by atoms with Crippen molar-refractivity contribution in [2.24, 2.45) is 11.8 Å². The average Bonchev–Trinajstić information content (AvgIpc) is 3.52. The van der Waals surface area contributed by atoms with Gasteiger partial charge in [0, 0.05) is 25.7 Å². The number of hydrogen-bond acceptors (Lipinski definition) is 6. The molecule has 2 amide bonds. The van der Waals surface area contributed by atoms with E-state index in [-0.39, 0.29) is 31.1 Å². The number of aliphatic hydroxyl groups excluding tert-OH is 1. The molecular weight excluding hydrogens is 472 g/mol. The van der Waals surface area contributed by atoms with E-state index in [2.05, 4.69) is 20.1 Å². The number of amides is 2. The molecule has 37 heavy (non-hydrogen) atoms. The predicted octanol–water partition coefficient (Wildman–Crippen LogP) is 3.63. The highest BCUT2D eigenvalue weighted by Crippen LogP contribution is 2.59. The van der Waals surface area contributed by atoms with E-state index in [1.165, 1.54) is 0 Å². The normalized spacial score (nSPS) is 28.7. The monoisotopic (exact) mass is 518 g/mol. The van der Waals surface area contributed by atoms with Crippen molar-refractivity contribution in [1.82, 2.24) is 9.80 Å². The van der Waals surface area contributed by atoms with Gasteiger partial charge < -0.3 is 24.4 Å². The number of aliphatic hydroxyl groups is 1. The Labute approximate surface area is 222 Å². The van der Waals surface area contributed by atoms with Crippen molar-refractivity contribution < 1.29 is 29.0 Å². The zero-order valence-corrected chi connectivity index (χ0v) is 22.7. The third-order valence-corrected chi connectivity index (χ3v) is 8.26. The molecule has 3 fully saturated rings. The molecule has 8 heteroatoms. The number of carbonyl (C=O) groups excluding carboxylic acids is 3. The topological polar surface area (TPSA) is 96.4 Å². The molecule has 0 aromatic heterocycles. The third kappa shape index (κ3) is 5.95. The van der Waals surface area contributed by atoms with Crippen LogP contribution in [0, 0.1) is 11.8 Å². The fourth-order valence-corrected chi connectivity index (χ4v) is 6.54. The van der Waals surface area contributed by atoms with Crippen molar-refractivity contribution in [3.8, 4) is 0 Å². The molecular formula is C29H46N2O6. The molecule has 3 saturated heterocycles. The molecule has 1 N–H and O–H groups in total. The fourth-order valence-electron chi connectivity index (χ4n) is 6.54. The van der Waals surface area contributed by atoms with Gasteiger partial charge in [-0.1, -0.05) is 38.3 Å². The first-order chi connectivity index (χ1) is 17.9. The van der Waals surface area contributed by atoms with E-state index in [0.29, 0.717) is 32.4 Å². The smallest absolute Gasteiger partial charge is 0.312 e. The number of rotatable bonds is 17. The first kappa shape index (κ1) is 29.4. The lowest BCUT2D eigenvalue weighted by atomic mass is 9.70. The summed E-state index contributed by atoms with van der Waals surface area (Å²) in [6, 6.07) is -0.762. The van der Waals surface area contributed by atoms with Crippen molar-refractivity contribution in [2.75, 3.05) is 26.3 Å². The molecule has 3 unspecified atom stereocenters. The summed E-state index contributed by atoms with van der Waals surface area (Å²) in [6.45, 7) is 12.9. The molecule has 3 heterocycles. The van der Waals surface area contributed by atoms with Crippen LogP contribution >= 0.6 is 0 Å².